The van der Waals surface area contributed by atoms with Gasteiger partial charge < -0.3 is 19.3 Å². The van der Waals surface area contributed by atoms with Crippen LogP contribution in [0.1, 0.15) is 65.5 Å². The third kappa shape index (κ3) is 5.40. The van der Waals surface area contributed by atoms with E-state index in [1.807, 2.05) is 18.2 Å². The van der Waals surface area contributed by atoms with Crippen LogP contribution in [0.5, 0.6) is 17.2 Å². The number of nitrogens with zero attached hydrogens (tertiary/aromatic N) is 1. The molecule has 0 radical (unpaired) electrons. The Balaban J connectivity index is 1.21. The first kappa shape index (κ1) is 27.9. The number of aliphatic carboxylic acids is 1. The second-order valence-electron chi connectivity index (χ2n) is 11.5. The molecule has 1 N–H and O–H groups in total. The van der Waals surface area contributed by atoms with E-state index in [2.05, 4.69) is 43.6 Å². The van der Waals surface area contributed by atoms with Crippen LogP contribution in [0.15, 0.2) is 42.5 Å². The molecule has 0 spiro atoms. The minimum atomic E-state index is -0.848. The molecule has 6 nitrogen and oxygen atoms in total. The van der Waals surface area contributed by atoms with E-state index in [0.717, 1.165) is 58.4 Å². The Hall–Kier alpha value is -3.23. The number of hydrogen-bond acceptors (Lipinski definition) is 6. The summed E-state index contributed by atoms with van der Waals surface area (Å²) in [6, 6.07) is 13.7. The first-order chi connectivity index (χ1) is 19.7. The maximum Gasteiger partial charge on any atom is 0.304 e. The maximum atomic E-state index is 15.3. The maximum absolute atomic E-state index is 15.3. The van der Waals surface area contributed by atoms with Crippen molar-refractivity contribution in [2.24, 2.45) is 0 Å². The Bertz CT molecular complexity index is 1460. The molecule has 1 saturated carbocycles. The van der Waals surface area contributed by atoms with Crippen LogP contribution in [-0.2, 0) is 11.2 Å². The smallest absolute Gasteiger partial charge is 0.304 e. The van der Waals surface area contributed by atoms with Crippen molar-refractivity contribution in [1.29, 1.82) is 0 Å². The highest BCUT2D eigenvalue weighted by molar-refractivity contribution is 7.96. The van der Waals surface area contributed by atoms with Crippen LogP contribution in [0.3, 0.4) is 0 Å². The summed E-state index contributed by atoms with van der Waals surface area (Å²) in [5, 5.41) is 9.17. The van der Waals surface area contributed by atoms with Gasteiger partial charge in [-0.25, -0.2) is 4.39 Å². The Labute approximate surface area is 244 Å². The van der Waals surface area contributed by atoms with E-state index in [0.29, 0.717) is 36.1 Å². The van der Waals surface area contributed by atoms with Gasteiger partial charge in [0.05, 0.1) is 13.0 Å². The molecule has 41 heavy (non-hydrogen) atoms. The van der Waals surface area contributed by atoms with Crippen LogP contribution in [0, 0.1) is 19.7 Å². The van der Waals surface area contributed by atoms with Crippen LogP contribution in [0.2, 0.25) is 0 Å². The van der Waals surface area contributed by atoms with Gasteiger partial charge in [0.15, 0.2) is 0 Å². The Kier molecular flexibility index (Phi) is 7.64. The van der Waals surface area contributed by atoms with Gasteiger partial charge in [-0.3, -0.25) is 9.10 Å². The van der Waals surface area contributed by atoms with Gasteiger partial charge in [-0.2, -0.15) is 0 Å². The topological polar surface area (TPSA) is 68.2 Å². The van der Waals surface area contributed by atoms with Gasteiger partial charge >= 0.3 is 5.97 Å². The molecule has 8 heteroatoms. The molecule has 216 valence electrons. The number of rotatable bonds is 9. The molecule has 0 unspecified atom stereocenters. The monoisotopic (exact) mass is 577 g/mol. The molecule has 1 heterocycles. The lowest BCUT2D eigenvalue weighted by atomic mass is 9.88. The van der Waals surface area contributed by atoms with Crippen molar-refractivity contribution in [2.45, 2.75) is 70.1 Å². The normalized spacial score (nSPS) is 22.6. The Morgan fingerprint density at radius 3 is 2.56 bits per heavy atom. The summed E-state index contributed by atoms with van der Waals surface area (Å²) in [7, 11) is 2.13. The van der Waals surface area contributed by atoms with Crippen LogP contribution in [0.25, 0.3) is 11.1 Å². The molecule has 3 aliphatic rings. The van der Waals surface area contributed by atoms with Crippen LogP contribution in [-0.4, -0.2) is 47.4 Å². The zero-order valence-electron chi connectivity index (χ0n) is 23.9. The molecule has 2 aliphatic carbocycles. The van der Waals surface area contributed by atoms with Crippen LogP contribution >= 0.6 is 11.9 Å². The zero-order chi connectivity index (χ0) is 28.8. The number of carboxylic acids is 1. The van der Waals surface area contributed by atoms with E-state index in [1.54, 1.807) is 24.1 Å². The molecular formula is C33H36FNO5S. The Morgan fingerprint density at radius 2 is 1.85 bits per heavy atom. The molecule has 0 bridgehead atoms. The predicted octanol–water partition coefficient (Wildman–Crippen LogP) is 7.25. The number of carbonyl (C=O) groups is 1. The van der Waals surface area contributed by atoms with Gasteiger partial charge in [-0.05, 0) is 92.1 Å². The number of halogens is 1. The van der Waals surface area contributed by atoms with Crippen molar-refractivity contribution >= 4 is 17.9 Å². The lowest BCUT2D eigenvalue weighted by molar-refractivity contribution is -0.137. The molecule has 6 rings (SSSR count). The van der Waals surface area contributed by atoms with E-state index in [9.17, 15) is 9.90 Å². The van der Waals surface area contributed by atoms with Gasteiger partial charge in [0.2, 0.25) is 0 Å². The number of carboxylic acid groups (broad SMARTS) is 1. The van der Waals surface area contributed by atoms with Gasteiger partial charge in [0.1, 0.15) is 35.3 Å². The van der Waals surface area contributed by atoms with E-state index in [-0.39, 0.29) is 24.3 Å². The largest absolute Gasteiger partial charge is 0.492 e. The first-order valence-corrected chi connectivity index (χ1v) is 15.4. The van der Waals surface area contributed by atoms with Gasteiger partial charge in [-0.15, -0.1) is 0 Å². The first-order valence-electron chi connectivity index (χ1n) is 14.2. The molecule has 0 aromatic heterocycles. The lowest BCUT2D eigenvalue weighted by Crippen LogP contribution is -2.45. The van der Waals surface area contributed by atoms with Crippen LogP contribution < -0.4 is 14.2 Å². The van der Waals surface area contributed by atoms with Crippen molar-refractivity contribution in [1.82, 2.24) is 4.31 Å². The summed E-state index contributed by atoms with van der Waals surface area (Å²) < 4.78 is 36.0. The summed E-state index contributed by atoms with van der Waals surface area (Å²) in [5.74, 6) is 0.860. The summed E-state index contributed by atoms with van der Waals surface area (Å²) in [5.41, 5.74) is 6.89. The third-order valence-electron chi connectivity index (χ3n) is 8.80. The quantitative estimate of drug-likeness (QED) is 0.269. The fourth-order valence-corrected chi connectivity index (χ4v) is 7.06. The molecule has 1 fully saturated rings. The molecule has 1 aliphatic heterocycles. The van der Waals surface area contributed by atoms with E-state index >= 15 is 4.39 Å². The van der Waals surface area contributed by atoms with Crippen molar-refractivity contribution < 1.29 is 28.5 Å². The Morgan fingerprint density at radius 1 is 1.10 bits per heavy atom. The van der Waals surface area contributed by atoms with E-state index in [4.69, 9.17) is 14.2 Å². The number of fused-ring (bicyclic) bond motifs is 2. The van der Waals surface area contributed by atoms with Gasteiger partial charge in [-0.1, -0.05) is 24.1 Å². The fourth-order valence-electron chi connectivity index (χ4n) is 6.59. The standard InChI is InChI=1S/C33H36FNO5S/c1-18-11-23(39-24-14-21(15-24)35(3)41-4)12-19(2)32(18)26-7-9-28(34)33-27(26)8-10-29(33)40-22-5-6-25-20(13-31(36)37)17-38-30(25)16-22/h5-7,9,11-12,16,20-21,24,29H,8,10,13-15,17H2,1-4H3,(H,36,37)/t20-,21?,24?,29-/m1/s1. The number of aryl methyl sites for hydroxylation is 2. The highest BCUT2D eigenvalue weighted by atomic mass is 32.2. The lowest BCUT2D eigenvalue weighted by Gasteiger charge is -2.40. The molecular weight excluding hydrogens is 541 g/mol. The average molecular weight is 578 g/mol. The summed E-state index contributed by atoms with van der Waals surface area (Å²) in [6.07, 6.45) is 5.41. The van der Waals surface area contributed by atoms with Crippen LogP contribution in [0.4, 0.5) is 4.39 Å². The minimum Gasteiger partial charge on any atom is -0.492 e. The van der Waals surface area contributed by atoms with Crippen molar-refractivity contribution in [3.8, 4) is 28.4 Å². The number of hydrogen-bond donors (Lipinski definition) is 1. The second-order valence-corrected chi connectivity index (χ2v) is 12.4. The van der Waals surface area contributed by atoms with E-state index < -0.39 is 12.1 Å². The number of ether oxygens (including phenoxy) is 3. The number of benzene rings is 3. The van der Waals surface area contributed by atoms with Crippen molar-refractivity contribution in [2.75, 3.05) is 19.9 Å². The average Bonchev–Trinajstić information content (AvgIpc) is 3.51. The van der Waals surface area contributed by atoms with Gasteiger partial charge in [0, 0.05) is 42.0 Å². The summed E-state index contributed by atoms with van der Waals surface area (Å²) in [4.78, 5) is 11.2. The molecule has 0 amide bonds. The minimum absolute atomic E-state index is 0.0277. The third-order valence-corrected chi connectivity index (χ3v) is 9.67. The zero-order valence-corrected chi connectivity index (χ0v) is 24.7. The molecule has 3 aromatic rings. The molecule has 3 aromatic carbocycles. The van der Waals surface area contributed by atoms with Gasteiger partial charge in [0.25, 0.3) is 0 Å². The highest BCUT2D eigenvalue weighted by Crippen LogP contribution is 2.45. The SMILES string of the molecule is CSN(C)C1CC(Oc2cc(C)c(-c3ccc(F)c4c3CC[C@H]4Oc3ccc4c(c3)OC[C@H]4CC(=O)O)c(C)c2)C1. The van der Waals surface area contributed by atoms with Crippen molar-refractivity contribution in [3.05, 3.63) is 76.1 Å². The molecule has 0 saturated heterocycles. The predicted molar refractivity (Wildman–Crippen MR) is 159 cm³/mol. The molecule has 2 atom stereocenters. The van der Waals surface area contributed by atoms with E-state index in [1.165, 1.54) is 0 Å². The summed E-state index contributed by atoms with van der Waals surface area (Å²) in [6.45, 7) is 4.54. The second kappa shape index (κ2) is 11.2. The highest BCUT2D eigenvalue weighted by Gasteiger charge is 2.35. The summed E-state index contributed by atoms with van der Waals surface area (Å²) >= 11 is 1.76. The fraction of sp³-hybridized carbons (Fsp3) is 0.424. The van der Waals surface area contributed by atoms with Crippen molar-refractivity contribution in [3.63, 3.8) is 0 Å².